The average molecular weight is 294 g/mol. The smallest absolute Gasteiger partial charge is 0.103 e. The predicted octanol–water partition coefficient (Wildman–Crippen LogP) is 2.46. The van der Waals surface area contributed by atoms with Crippen LogP contribution in [0.15, 0.2) is 0 Å². The van der Waals surface area contributed by atoms with Crippen LogP contribution >= 0.6 is 0 Å². The third-order valence-electron chi connectivity index (χ3n) is 4.62. The van der Waals surface area contributed by atoms with E-state index in [1.54, 1.807) is 0 Å². The van der Waals surface area contributed by atoms with Crippen LogP contribution in [0.4, 0.5) is 0 Å². The van der Waals surface area contributed by atoms with E-state index in [4.69, 9.17) is 0 Å². The van der Waals surface area contributed by atoms with Gasteiger partial charge in [-0.1, -0.05) is 6.92 Å². The van der Waals surface area contributed by atoms with Crippen molar-refractivity contribution >= 4 is 0 Å². The number of likely N-dealkylation sites (tertiary alicyclic amines) is 1. The van der Waals surface area contributed by atoms with Crippen molar-refractivity contribution in [2.24, 2.45) is 0 Å². The lowest BCUT2D eigenvalue weighted by atomic mass is 9.96. The van der Waals surface area contributed by atoms with Crippen LogP contribution in [0.25, 0.3) is 0 Å². The number of piperidine rings is 1. The first-order chi connectivity index (χ1) is 10.0. The Labute approximate surface area is 131 Å². The van der Waals surface area contributed by atoms with Crippen LogP contribution in [0.3, 0.4) is 0 Å². The molecule has 1 rings (SSSR count). The van der Waals surface area contributed by atoms with Crippen molar-refractivity contribution in [2.75, 3.05) is 40.3 Å². The molecule has 0 aromatic rings. The van der Waals surface area contributed by atoms with Gasteiger partial charge < -0.3 is 9.80 Å². The molecule has 0 spiro atoms. The molecule has 21 heavy (non-hydrogen) atoms. The summed E-state index contributed by atoms with van der Waals surface area (Å²) in [5, 5.41) is 12.7. The minimum absolute atomic E-state index is 0.343. The summed E-state index contributed by atoms with van der Waals surface area (Å²) in [6, 6.07) is 3.16. The van der Waals surface area contributed by atoms with Crippen LogP contribution in [0.2, 0.25) is 0 Å². The van der Waals surface area contributed by atoms with Gasteiger partial charge in [-0.3, -0.25) is 5.32 Å². The van der Waals surface area contributed by atoms with Gasteiger partial charge in [0.1, 0.15) is 5.54 Å². The van der Waals surface area contributed by atoms with Crippen molar-refractivity contribution in [3.05, 3.63) is 0 Å². The van der Waals surface area contributed by atoms with E-state index in [1.807, 2.05) is 6.92 Å². The zero-order valence-corrected chi connectivity index (χ0v) is 14.5. The van der Waals surface area contributed by atoms with Crippen molar-refractivity contribution in [2.45, 2.75) is 64.0 Å². The topological polar surface area (TPSA) is 42.3 Å². The number of nitriles is 1. The maximum absolute atomic E-state index is 9.33. The van der Waals surface area contributed by atoms with Crippen molar-refractivity contribution in [3.8, 4) is 6.07 Å². The van der Waals surface area contributed by atoms with E-state index in [9.17, 15) is 5.26 Å². The van der Waals surface area contributed by atoms with Gasteiger partial charge in [0.15, 0.2) is 0 Å². The molecule has 4 nitrogen and oxygen atoms in total. The molecule has 1 fully saturated rings. The van der Waals surface area contributed by atoms with Crippen molar-refractivity contribution < 1.29 is 0 Å². The zero-order valence-electron chi connectivity index (χ0n) is 14.5. The number of rotatable bonds is 9. The highest BCUT2D eigenvalue weighted by molar-refractivity contribution is 5.03. The van der Waals surface area contributed by atoms with E-state index < -0.39 is 0 Å². The molecule has 0 amide bonds. The van der Waals surface area contributed by atoms with Crippen LogP contribution in [0.1, 0.15) is 52.4 Å². The minimum atomic E-state index is -0.343. The third kappa shape index (κ3) is 6.78. The molecule has 1 aliphatic rings. The zero-order chi connectivity index (χ0) is 15.7. The standard InChI is InChI=1S/C17H34N4/c1-5-11-19-17(2,15-18)10-6-7-12-21-13-8-9-16(14-21)20(3)4/h16,19H,5-14H2,1-4H3. The molecule has 1 N–H and O–H groups in total. The van der Waals surface area contributed by atoms with Crippen molar-refractivity contribution in [1.82, 2.24) is 15.1 Å². The quantitative estimate of drug-likeness (QED) is 0.663. The Hall–Kier alpha value is -0.630. The van der Waals surface area contributed by atoms with Crippen molar-refractivity contribution in [3.63, 3.8) is 0 Å². The van der Waals surface area contributed by atoms with Crippen LogP contribution in [0, 0.1) is 11.3 Å². The van der Waals surface area contributed by atoms with Gasteiger partial charge in [0.25, 0.3) is 0 Å². The molecule has 0 radical (unpaired) electrons. The fourth-order valence-corrected chi connectivity index (χ4v) is 3.05. The van der Waals surface area contributed by atoms with Crippen LogP contribution < -0.4 is 5.32 Å². The molecule has 0 bridgehead atoms. The lowest BCUT2D eigenvalue weighted by molar-refractivity contribution is 0.131. The summed E-state index contributed by atoms with van der Waals surface area (Å²) in [6.07, 6.45) is 7.01. The normalized spacial score (nSPS) is 23.0. The number of likely N-dealkylation sites (N-methyl/N-ethyl adjacent to an activating group) is 1. The Balaban J connectivity index is 2.22. The Kier molecular flexibility index (Phi) is 8.24. The monoisotopic (exact) mass is 294 g/mol. The Morgan fingerprint density at radius 1 is 1.38 bits per heavy atom. The summed E-state index contributed by atoms with van der Waals surface area (Å²) in [6.45, 7) is 8.73. The number of unbranched alkanes of at least 4 members (excludes halogenated alkanes) is 1. The van der Waals surface area contributed by atoms with E-state index >= 15 is 0 Å². The van der Waals surface area contributed by atoms with Gasteiger partial charge in [0.2, 0.25) is 0 Å². The summed E-state index contributed by atoms with van der Waals surface area (Å²) in [5.74, 6) is 0. The molecular weight excluding hydrogens is 260 g/mol. The van der Waals surface area contributed by atoms with Gasteiger partial charge >= 0.3 is 0 Å². The summed E-state index contributed by atoms with van der Waals surface area (Å²) in [4.78, 5) is 4.95. The second-order valence-corrected chi connectivity index (χ2v) is 6.89. The first-order valence-corrected chi connectivity index (χ1v) is 8.56. The Morgan fingerprint density at radius 3 is 2.76 bits per heavy atom. The van der Waals surface area contributed by atoms with Crippen LogP contribution in [0.5, 0.6) is 0 Å². The molecule has 2 unspecified atom stereocenters. The SMILES string of the molecule is CCCNC(C)(C#N)CCCCN1CCCC(N(C)C)C1. The van der Waals surface area contributed by atoms with E-state index in [2.05, 4.69) is 42.2 Å². The van der Waals surface area contributed by atoms with E-state index in [0.29, 0.717) is 6.04 Å². The Morgan fingerprint density at radius 2 is 2.14 bits per heavy atom. The van der Waals surface area contributed by atoms with Gasteiger partial charge in [-0.2, -0.15) is 5.26 Å². The van der Waals surface area contributed by atoms with Crippen LogP contribution in [-0.2, 0) is 0 Å². The van der Waals surface area contributed by atoms with Gasteiger partial charge in [-0.25, -0.2) is 0 Å². The fraction of sp³-hybridized carbons (Fsp3) is 0.941. The van der Waals surface area contributed by atoms with Gasteiger partial charge in [-0.15, -0.1) is 0 Å². The summed E-state index contributed by atoms with van der Waals surface area (Å²) in [5.41, 5.74) is -0.343. The highest BCUT2D eigenvalue weighted by Crippen LogP contribution is 2.16. The average Bonchev–Trinajstić information content (AvgIpc) is 2.50. The third-order valence-corrected chi connectivity index (χ3v) is 4.62. The first-order valence-electron chi connectivity index (χ1n) is 8.56. The highest BCUT2D eigenvalue weighted by Gasteiger charge is 2.23. The summed E-state index contributed by atoms with van der Waals surface area (Å²) in [7, 11) is 4.37. The number of nitrogens with zero attached hydrogens (tertiary/aromatic N) is 3. The van der Waals surface area contributed by atoms with Gasteiger partial charge in [0, 0.05) is 12.6 Å². The lowest BCUT2D eigenvalue weighted by Gasteiger charge is -2.36. The van der Waals surface area contributed by atoms with E-state index in [-0.39, 0.29) is 5.54 Å². The van der Waals surface area contributed by atoms with E-state index in [1.165, 1.54) is 38.9 Å². The minimum Gasteiger partial charge on any atom is -0.305 e. The molecule has 4 heteroatoms. The lowest BCUT2D eigenvalue weighted by Crippen LogP contribution is -2.45. The number of nitrogens with one attached hydrogen (secondary N) is 1. The van der Waals surface area contributed by atoms with Crippen LogP contribution in [-0.4, -0.2) is 61.7 Å². The van der Waals surface area contributed by atoms with E-state index in [0.717, 1.165) is 25.8 Å². The maximum atomic E-state index is 9.33. The molecule has 0 saturated carbocycles. The van der Waals surface area contributed by atoms with Crippen molar-refractivity contribution in [1.29, 1.82) is 5.26 Å². The molecule has 122 valence electrons. The molecule has 1 heterocycles. The second-order valence-electron chi connectivity index (χ2n) is 6.89. The fourth-order valence-electron chi connectivity index (χ4n) is 3.05. The second kappa shape index (κ2) is 9.40. The van der Waals surface area contributed by atoms with Gasteiger partial charge in [0.05, 0.1) is 6.07 Å². The Bertz CT molecular complexity index is 323. The number of hydrogen-bond acceptors (Lipinski definition) is 4. The summed E-state index contributed by atoms with van der Waals surface area (Å²) >= 11 is 0. The molecule has 0 aromatic carbocycles. The van der Waals surface area contributed by atoms with Gasteiger partial charge in [-0.05, 0) is 79.2 Å². The molecular formula is C17H34N4. The largest absolute Gasteiger partial charge is 0.305 e. The molecule has 1 saturated heterocycles. The predicted molar refractivity (Wildman–Crippen MR) is 89.3 cm³/mol. The maximum Gasteiger partial charge on any atom is 0.103 e. The molecule has 1 aliphatic heterocycles. The molecule has 2 atom stereocenters. The number of hydrogen-bond donors (Lipinski definition) is 1. The molecule has 0 aromatic heterocycles. The molecule has 0 aliphatic carbocycles. The first kappa shape index (κ1) is 18.4. The summed E-state index contributed by atoms with van der Waals surface area (Å²) < 4.78 is 0. The highest BCUT2D eigenvalue weighted by atomic mass is 15.2.